The average Bonchev–Trinajstić information content (AvgIpc) is 3.47. The number of nitrogens with zero attached hydrogens (tertiary/aromatic N) is 2. The van der Waals surface area contributed by atoms with Crippen molar-refractivity contribution in [2.45, 2.75) is 70.5 Å². The average molecular weight is 594 g/mol. The number of aryl methyl sites for hydroxylation is 1. The third-order valence-corrected chi connectivity index (χ3v) is 8.94. The number of anilines is 1. The van der Waals surface area contributed by atoms with Crippen molar-refractivity contribution in [3.05, 3.63) is 101 Å². The van der Waals surface area contributed by atoms with Gasteiger partial charge in [0.25, 0.3) is 0 Å². The maximum atomic E-state index is 14.8. The number of carbonyl (C=O) groups is 2. The molecule has 2 amide bonds. The Morgan fingerprint density at radius 3 is 2.24 bits per heavy atom. The van der Waals surface area contributed by atoms with Gasteiger partial charge in [0.2, 0.25) is 21.8 Å². The molecule has 0 radical (unpaired) electrons. The summed E-state index contributed by atoms with van der Waals surface area (Å²) in [4.78, 5) is 29.1. The van der Waals surface area contributed by atoms with Crippen LogP contribution in [0, 0.1) is 12.7 Å². The Morgan fingerprint density at radius 2 is 1.60 bits per heavy atom. The Hall–Kier alpha value is -3.72. The number of sulfonamides is 1. The second kappa shape index (κ2) is 14.4. The molecule has 1 saturated carbocycles. The van der Waals surface area contributed by atoms with Crippen LogP contribution in [0.15, 0.2) is 78.9 Å². The minimum atomic E-state index is -3.59. The van der Waals surface area contributed by atoms with Gasteiger partial charge in [0.05, 0.1) is 11.9 Å². The number of rotatable bonds is 13. The first-order valence-electron chi connectivity index (χ1n) is 14.5. The van der Waals surface area contributed by atoms with Gasteiger partial charge in [-0.1, -0.05) is 79.1 Å². The summed E-state index contributed by atoms with van der Waals surface area (Å²) in [6.07, 6.45) is 5.52. The Bertz CT molecular complexity index is 1440. The van der Waals surface area contributed by atoms with E-state index < -0.39 is 21.9 Å². The van der Waals surface area contributed by atoms with Crippen LogP contribution < -0.4 is 9.62 Å². The first-order valence-corrected chi connectivity index (χ1v) is 16.4. The molecule has 0 aromatic heterocycles. The molecule has 0 saturated heterocycles. The fourth-order valence-electron chi connectivity index (χ4n) is 5.45. The molecule has 1 atom stereocenters. The van der Waals surface area contributed by atoms with Gasteiger partial charge >= 0.3 is 0 Å². The van der Waals surface area contributed by atoms with Crippen molar-refractivity contribution in [3.63, 3.8) is 0 Å². The van der Waals surface area contributed by atoms with E-state index in [1.165, 1.54) is 15.3 Å². The molecule has 1 aliphatic rings. The zero-order chi connectivity index (χ0) is 30.1. The number of hydrogen-bond donors (Lipinski definition) is 1. The first-order chi connectivity index (χ1) is 20.1. The molecule has 0 heterocycles. The largest absolute Gasteiger partial charge is 0.352 e. The molecule has 1 N–H and O–H groups in total. The van der Waals surface area contributed by atoms with Crippen molar-refractivity contribution < 1.29 is 22.4 Å². The number of nitrogens with one attached hydrogen (secondary N) is 1. The quantitative estimate of drug-likeness (QED) is 0.288. The Kier molecular flexibility index (Phi) is 10.7. The van der Waals surface area contributed by atoms with Crippen LogP contribution in [0.2, 0.25) is 0 Å². The first kappa shape index (κ1) is 31.2. The van der Waals surface area contributed by atoms with Gasteiger partial charge in [-0.05, 0) is 49.9 Å². The Morgan fingerprint density at radius 1 is 0.952 bits per heavy atom. The lowest BCUT2D eigenvalue weighted by Gasteiger charge is -2.33. The molecular weight excluding hydrogens is 553 g/mol. The fraction of sp³-hybridized carbons (Fsp3) is 0.394. The lowest BCUT2D eigenvalue weighted by Crippen LogP contribution is -2.52. The van der Waals surface area contributed by atoms with Crippen molar-refractivity contribution in [1.29, 1.82) is 0 Å². The van der Waals surface area contributed by atoms with E-state index in [2.05, 4.69) is 5.32 Å². The Balaban J connectivity index is 1.59. The van der Waals surface area contributed by atoms with E-state index >= 15 is 0 Å². The van der Waals surface area contributed by atoms with Crippen LogP contribution in [-0.4, -0.2) is 50.0 Å². The summed E-state index contributed by atoms with van der Waals surface area (Å²) < 4.78 is 41.3. The van der Waals surface area contributed by atoms with Gasteiger partial charge in [-0.2, -0.15) is 0 Å². The van der Waals surface area contributed by atoms with Crippen LogP contribution in [0.1, 0.15) is 55.2 Å². The van der Waals surface area contributed by atoms with Crippen LogP contribution in [0.4, 0.5) is 10.1 Å². The molecular formula is C33H40FN3O4S. The van der Waals surface area contributed by atoms with Crippen molar-refractivity contribution >= 4 is 27.5 Å². The van der Waals surface area contributed by atoms with Gasteiger partial charge in [0, 0.05) is 37.5 Å². The summed E-state index contributed by atoms with van der Waals surface area (Å²) in [5.41, 5.74) is 2.73. The summed E-state index contributed by atoms with van der Waals surface area (Å²) in [5, 5.41) is 3.14. The third kappa shape index (κ3) is 8.64. The highest BCUT2D eigenvalue weighted by molar-refractivity contribution is 7.92. The number of halogens is 1. The highest BCUT2D eigenvalue weighted by Gasteiger charge is 2.32. The highest BCUT2D eigenvalue weighted by Crippen LogP contribution is 2.23. The summed E-state index contributed by atoms with van der Waals surface area (Å²) in [6, 6.07) is 22.1. The normalized spacial score (nSPS) is 14.4. The third-order valence-electron chi connectivity index (χ3n) is 7.75. The minimum absolute atomic E-state index is 0.00562. The number of amides is 2. The van der Waals surface area contributed by atoms with E-state index in [-0.39, 0.29) is 50.2 Å². The maximum absolute atomic E-state index is 14.8. The van der Waals surface area contributed by atoms with Crippen molar-refractivity contribution in [2.75, 3.05) is 17.1 Å². The number of hydrogen-bond acceptors (Lipinski definition) is 4. The van der Waals surface area contributed by atoms with Gasteiger partial charge in [0.1, 0.15) is 11.9 Å². The van der Waals surface area contributed by atoms with E-state index in [9.17, 15) is 22.4 Å². The molecule has 0 spiro atoms. The van der Waals surface area contributed by atoms with Crippen molar-refractivity contribution in [3.8, 4) is 0 Å². The summed E-state index contributed by atoms with van der Waals surface area (Å²) >= 11 is 0. The van der Waals surface area contributed by atoms with E-state index in [1.807, 2.05) is 49.4 Å². The van der Waals surface area contributed by atoms with Gasteiger partial charge in [-0.15, -0.1) is 0 Å². The van der Waals surface area contributed by atoms with Crippen LogP contribution in [0.5, 0.6) is 0 Å². The summed E-state index contributed by atoms with van der Waals surface area (Å²) in [7, 11) is -3.59. The Labute approximate surface area is 248 Å². The topological polar surface area (TPSA) is 86.8 Å². The van der Waals surface area contributed by atoms with E-state index in [0.717, 1.165) is 43.1 Å². The molecule has 0 aliphatic heterocycles. The molecule has 0 bridgehead atoms. The molecule has 7 nitrogen and oxygen atoms in total. The van der Waals surface area contributed by atoms with E-state index in [0.29, 0.717) is 11.3 Å². The number of benzene rings is 3. The smallest absolute Gasteiger partial charge is 0.243 e. The van der Waals surface area contributed by atoms with Crippen molar-refractivity contribution in [2.24, 2.45) is 0 Å². The van der Waals surface area contributed by atoms with E-state index in [1.54, 1.807) is 30.3 Å². The lowest BCUT2D eigenvalue weighted by atomic mass is 10.0. The van der Waals surface area contributed by atoms with Crippen LogP contribution >= 0.6 is 0 Å². The molecule has 4 rings (SSSR count). The maximum Gasteiger partial charge on any atom is 0.243 e. The van der Waals surface area contributed by atoms with Crippen LogP contribution in [-0.2, 0) is 32.6 Å². The van der Waals surface area contributed by atoms with Crippen LogP contribution in [0.3, 0.4) is 0 Å². The lowest BCUT2D eigenvalue weighted by molar-refractivity contribution is -0.141. The predicted molar refractivity (Wildman–Crippen MR) is 164 cm³/mol. The van der Waals surface area contributed by atoms with Gasteiger partial charge in [-0.25, -0.2) is 12.8 Å². The molecule has 224 valence electrons. The van der Waals surface area contributed by atoms with Gasteiger partial charge in [-0.3, -0.25) is 13.9 Å². The predicted octanol–water partition coefficient (Wildman–Crippen LogP) is 5.38. The molecule has 1 fully saturated rings. The fourth-order valence-corrected chi connectivity index (χ4v) is 6.41. The molecule has 0 unspecified atom stereocenters. The van der Waals surface area contributed by atoms with Gasteiger partial charge in [0.15, 0.2) is 0 Å². The zero-order valence-corrected chi connectivity index (χ0v) is 25.2. The highest BCUT2D eigenvalue weighted by atomic mass is 32.2. The molecule has 1 aliphatic carbocycles. The molecule has 3 aromatic carbocycles. The minimum Gasteiger partial charge on any atom is -0.352 e. The number of carbonyl (C=O) groups excluding carboxylic acids is 2. The SMILES string of the molecule is Cc1ccc(N(CCCC(=O)N(Cc2ccccc2F)[C@@H](Cc2ccccc2)C(=O)NC2CCCC2)S(C)(=O)=O)cc1. The van der Waals surface area contributed by atoms with E-state index in [4.69, 9.17) is 0 Å². The standard InChI is InChI=1S/C33H40FN3O4S/c1-25-18-20-29(21-19-25)37(42(2,40)41)22-10-17-32(38)36(24-27-13-6-9-16-30(27)34)31(23-26-11-4-3-5-12-26)33(39)35-28-14-7-8-15-28/h3-6,9,11-13,16,18-21,28,31H,7-8,10,14-15,17,22-24H2,1-2H3,(H,35,39)/t31-/m0/s1. The molecule has 42 heavy (non-hydrogen) atoms. The summed E-state index contributed by atoms with van der Waals surface area (Å²) in [6.45, 7) is 1.94. The monoisotopic (exact) mass is 593 g/mol. The second-order valence-corrected chi connectivity index (χ2v) is 13.0. The van der Waals surface area contributed by atoms with Gasteiger partial charge < -0.3 is 10.2 Å². The van der Waals surface area contributed by atoms with Crippen LogP contribution in [0.25, 0.3) is 0 Å². The molecule has 9 heteroatoms. The summed E-state index contributed by atoms with van der Waals surface area (Å²) in [5.74, 6) is -1.04. The zero-order valence-electron chi connectivity index (χ0n) is 24.3. The molecule has 3 aromatic rings. The van der Waals surface area contributed by atoms with Crippen molar-refractivity contribution in [1.82, 2.24) is 10.2 Å². The second-order valence-electron chi connectivity index (χ2n) is 11.1.